The summed E-state index contributed by atoms with van der Waals surface area (Å²) in [4.78, 5) is 30.3. The first-order chi connectivity index (χ1) is 14.0. The third-order valence-electron chi connectivity index (χ3n) is 4.94. The Kier molecular flexibility index (Phi) is 6.26. The summed E-state index contributed by atoms with van der Waals surface area (Å²) in [5.74, 6) is -1.36. The summed E-state index contributed by atoms with van der Waals surface area (Å²) in [6.45, 7) is 4.07. The molecular formula is C22H24FN3O3. The maximum atomic E-state index is 13.2. The van der Waals surface area contributed by atoms with Crippen LogP contribution >= 0.6 is 0 Å². The quantitative estimate of drug-likeness (QED) is 0.638. The summed E-state index contributed by atoms with van der Waals surface area (Å²) < 4.78 is 14.6. The van der Waals surface area contributed by atoms with Crippen LogP contribution in [0.5, 0.6) is 5.75 Å². The van der Waals surface area contributed by atoms with E-state index < -0.39 is 11.5 Å². The SMILES string of the molecule is CCCC(CC)NC(=O)c1c(O)c2cccnc2n(Cc2ccc(F)cc2)c1=O. The zero-order valence-electron chi connectivity index (χ0n) is 16.5. The van der Waals surface area contributed by atoms with Crippen molar-refractivity contribution in [1.82, 2.24) is 14.9 Å². The van der Waals surface area contributed by atoms with E-state index in [1.807, 2.05) is 13.8 Å². The lowest BCUT2D eigenvalue weighted by Gasteiger charge is -2.18. The minimum atomic E-state index is -0.637. The van der Waals surface area contributed by atoms with E-state index in [4.69, 9.17) is 0 Å². The van der Waals surface area contributed by atoms with Crippen molar-refractivity contribution in [2.45, 2.75) is 45.7 Å². The summed E-state index contributed by atoms with van der Waals surface area (Å²) in [6, 6.07) is 8.90. The number of rotatable bonds is 7. The predicted molar refractivity (Wildman–Crippen MR) is 110 cm³/mol. The monoisotopic (exact) mass is 397 g/mol. The van der Waals surface area contributed by atoms with Gasteiger partial charge in [-0.1, -0.05) is 32.4 Å². The van der Waals surface area contributed by atoms with Gasteiger partial charge < -0.3 is 10.4 Å². The molecule has 152 valence electrons. The molecule has 6 nitrogen and oxygen atoms in total. The number of aromatic hydroxyl groups is 1. The van der Waals surface area contributed by atoms with Gasteiger partial charge in [-0.25, -0.2) is 9.37 Å². The van der Waals surface area contributed by atoms with Gasteiger partial charge in [0, 0.05) is 12.2 Å². The molecule has 0 aliphatic carbocycles. The molecule has 1 aromatic carbocycles. The molecule has 29 heavy (non-hydrogen) atoms. The van der Waals surface area contributed by atoms with E-state index >= 15 is 0 Å². The van der Waals surface area contributed by atoms with Gasteiger partial charge in [-0.2, -0.15) is 0 Å². The minimum absolute atomic E-state index is 0.0820. The second-order valence-electron chi connectivity index (χ2n) is 6.98. The van der Waals surface area contributed by atoms with E-state index in [2.05, 4.69) is 10.3 Å². The van der Waals surface area contributed by atoms with Crippen molar-refractivity contribution in [2.24, 2.45) is 0 Å². The van der Waals surface area contributed by atoms with Crippen LogP contribution in [0.25, 0.3) is 11.0 Å². The average molecular weight is 397 g/mol. The molecule has 0 aliphatic rings. The Balaban J connectivity index is 2.12. The van der Waals surface area contributed by atoms with Gasteiger partial charge in [0.1, 0.15) is 22.8 Å². The summed E-state index contributed by atoms with van der Waals surface area (Å²) in [5, 5.41) is 13.8. The number of hydrogen-bond acceptors (Lipinski definition) is 4. The first kappa shape index (κ1) is 20.5. The molecule has 0 bridgehead atoms. The number of halogens is 1. The van der Waals surface area contributed by atoms with Gasteiger partial charge in [-0.3, -0.25) is 14.2 Å². The first-order valence-corrected chi connectivity index (χ1v) is 9.72. The summed E-state index contributed by atoms with van der Waals surface area (Å²) in [6.07, 6.45) is 3.90. The van der Waals surface area contributed by atoms with Crippen molar-refractivity contribution in [2.75, 3.05) is 0 Å². The Bertz CT molecular complexity index is 1080. The molecule has 0 fully saturated rings. The molecule has 0 saturated carbocycles. The van der Waals surface area contributed by atoms with Gasteiger partial charge in [0.15, 0.2) is 0 Å². The number of nitrogens with one attached hydrogen (secondary N) is 1. The van der Waals surface area contributed by atoms with Crippen LogP contribution in [0.2, 0.25) is 0 Å². The van der Waals surface area contributed by atoms with Gasteiger partial charge in [-0.15, -0.1) is 0 Å². The highest BCUT2D eigenvalue weighted by atomic mass is 19.1. The largest absolute Gasteiger partial charge is 0.506 e. The average Bonchev–Trinajstić information content (AvgIpc) is 2.72. The van der Waals surface area contributed by atoms with Gasteiger partial charge in [0.25, 0.3) is 11.5 Å². The molecule has 1 amide bonds. The second-order valence-corrected chi connectivity index (χ2v) is 6.98. The molecule has 0 saturated heterocycles. The number of fused-ring (bicyclic) bond motifs is 1. The third kappa shape index (κ3) is 4.29. The molecular weight excluding hydrogens is 373 g/mol. The Morgan fingerprint density at radius 2 is 1.97 bits per heavy atom. The normalized spacial score (nSPS) is 12.1. The molecule has 3 aromatic rings. The van der Waals surface area contributed by atoms with E-state index in [0.717, 1.165) is 19.3 Å². The summed E-state index contributed by atoms with van der Waals surface area (Å²) in [5.41, 5.74) is -0.00423. The van der Waals surface area contributed by atoms with Gasteiger partial charge in [0.2, 0.25) is 0 Å². The van der Waals surface area contributed by atoms with Crippen LogP contribution in [0, 0.1) is 5.82 Å². The highest BCUT2D eigenvalue weighted by Gasteiger charge is 2.24. The van der Waals surface area contributed by atoms with Crippen LogP contribution < -0.4 is 10.9 Å². The lowest BCUT2D eigenvalue weighted by Crippen LogP contribution is -2.39. The van der Waals surface area contributed by atoms with E-state index in [9.17, 15) is 19.1 Å². The van der Waals surface area contributed by atoms with Crippen molar-refractivity contribution >= 4 is 16.9 Å². The Labute approximate surface area is 168 Å². The molecule has 1 unspecified atom stereocenters. The molecule has 0 spiro atoms. The Hall–Kier alpha value is -3.22. The lowest BCUT2D eigenvalue weighted by atomic mass is 10.1. The maximum absolute atomic E-state index is 13.2. The predicted octanol–water partition coefficient (Wildman–Crippen LogP) is 3.60. The first-order valence-electron chi connectivity index (χ1n) is 9.72. The topological polar surface area (TPSA) is 84.2 Å². The molecule has 2 heterocycles. The molecule has 3 rings (SSSR count). The van der Waals surface area contributed by atoms with Crippen LogP contribution in [-0.4, -0.2) is 26.6 Å². The number of pyridine rings is 2. The standard InChI is InChI=1S/C22H24FN3O3/c1-3-6-16(4-2)25-21(28)18-19(27)17-7-5-12-24-20(17)26(22(18)29)13-14-8-10-15(23)11-9-14/h5,7-12,16,27H,3-4,6,13H2,1-2H3,(H,25,28). The van der Waals surface area contributed by atoms with E-state index in [0.29, 0.717) is 10.9 Å². The molecule has 0 aliphatic heterocycles. The summed E-state index contributed by atoms with van der Waals surface area (Å²) >= 11 is 0. The van der Waals surface area contributed by atoms with E-state index in [1.165, 1.54) is 22.9 Å². The number of benzene rings is 1. The fourth-order valence-electron chi connectivity index (χ4n) is 3.37. The van der Waals surface area contributed by atoms with Crippen molar-refractivity contribution in [3.8, 4) is 5.75 Å². The van der Waals surface area contributed by atoms with Crippen LogP contribution in [0.15, 0.2) is 47.4 Å². The number of nitrogens with zero attached hydrogens (tertiary/aromatic N) is 2. The van der Waals surface area contributed by atoms with E-state index in [-0.39, 0.29) is 35.4 Å². The maximum Gasteiger partial charge on any atom is 0.269 e. The smallest absolute Gasteiger partial charge is 0.269 e. The van der Waals surface area contributed by atoms with E-state index in [1.54, 1.807) is 24.3 Å². The second kappa shape index (κ2) is 8.86. The summed E-state index contributed by atoms with van der Waals surface area (Å²) in [7, 11) is 0. The minimum Gasteiger partial charge on any atom is -0.506 e. The highest BCUT2D eigenvalue weighted by Crippen LogP contribution is 2.25. The van der Waals surface area contributed by atoms with Crippen LogP contribution in [-0.2, 0) is 6.54 Å². The molecule has 1 atom stereocenters. The van der Waals surface area contributed by atoms with Crippen molar-refractivity contribution < 1.29 is 14.3 Å². The molecule has 2 aromatic heterocycles. The fourth-order valence-corrected chi connectivity index (χ4v) is 3.37. The number of amides is 1. The third-order valence-corrected chi connectivity index (χ3v) is 4.94. The molecule has 7 heteroatoms. The van der Waals surface area contributed by atoms with Crippen molar-refractivity contribution in [1.29, 1.82) is 0 Å². The fraction of sp³-hybridized carbons (Fsp3) is 0.318. The number of hydrogen-bond donors (Lipinski definition) is 2. The van der Waals surface area contributed by atoms with Crippen molar-refractivity contribution in [3.05, 3.63) is 69.9 Å². The lowest BCUT2D eigenvalue weighted by molar-refractivity contribution is 0.0929. The van der Waals surface area contributed by atoms with Crippen molar-refractivity contribution in [3.63, 3.8) is 0 Å². The van der Waals surface area contributed by atoms with Crippen LogP contribution in [0.1, 0.15) is 49.0 Å². The van der Waals surface area contributed by atoms with Gasteiger partial charge >= 0.3 is 0 Å². The zero-order chi connectivity index (χ0) is 21.0. The molecule has 2 N–H and O–H groups in total. The number of carbonyl (C=O) groups excluding carboxylic acids is 1. The zero-order valence-corrected chi connectivity index (χ0v) is 16.5. The Morgan fingerprint density at radius 3 is 2.62 bits per heavy atom. The molecule has 0 radical (unpaired) electrons. The Morgan fingerprint density at radius 1 is 1.24 bits per heavy atom. The number of aromatic nitrogens is 2. The van der Waals surface area contributed by atoms with Gasteiger partial charge in [-0.05, 0) is 42.7 Å². The van der Waals surface area contributed by atoms with Gasteiger partial charge in [0.05, 0.1) is 11.9 Å². The highest BCUT2D eigenvalue weighted by molar-refractivity contribution is 6.01. The van der Waals surface area contributed by atoms with Crippen LogP contribution in [0.3, 0.4) is 0 Å². The van der Waals surface area contributed by atoms with Crippen LogP contribution in [0.4, 0.5) is 4.39 Å². The number of carbonyl (C=O) groups is 1.